The number of rotatable bonds is 8. The molecule has 6 heteroatoms. The molecule has 0 aromatic heterocycles. The molecule has 0 aliphatic carbocycles. The lowest BCUT2D eigenvalue weighted by Crippen LogP contribution is -2.24. The SMILES string of the molecule is COC(c1cccc(I)c1)C(C)(C)CCCCS(=O)(=O)O. The summed E-state index contributed by atoms with van der Waals surface area (Å²) in [5.74, 6) is -0.177. The fourth-order valence-corrected chi connectivity index (χ4v) is 3.71. The van der Waals surface area contributed by atoms with Crippen molar-refractivity contribution >= 4 is 32.7 Å². The van der Waals surface area contributed by atoms with Gasteiger partial charge in [0, 0.05) is 10.7 Å². The molecule has 1 rings (SSSR count). The lowest BCUT2D eigenvalue weighted by molar-refractivity contribution is -0.000805. The Bertz CT molecular complexity index is 555. The second kappa shape index (κ2) is 7.89. The van der Waals surface area contributed by atoms with Crippen molar-refractivity contribution in [3.63, 3.8) is 0 Å². The van der Waals surface area contributed by atoms with E-state index in [1.54, 1.807) is 7.11 Å². The monoisotopic (exact) mass is 426 g/mol. The first-order valence-electron chi connectivity index (χ1n) is 6.89. The Labute approximate surface area is 141 Å². The maximum absolute atomic E-state index is 10.7. The second-order valence-corrected chi connectivity index (χ2v) is 8.72. The minimum absolute atomic E-state index is 0.0436. The molecule has 1 atom stereocenters. The van der Waals surface area contributed by atoms with Gasteiger partial charge in [-0.15, -0.1) is 0 Å². The minimum atomic E-state index is -3.86. The molecule has 0 heterocycles. The average molecular weight is 426 g/mol. The molecular weight excluding hydrogens is 403 g/mol. The van der Waals surface area contributed by atoms with Crippen molar-refractivity contribution in [3.05, 3.63) is 33.4 Å². The molecule has 21 heavy (non-hydrogen) atoms. The molecule has 0 amide bonds. The summed E-state index contributed by atoms with van der Waals surface area (Å²) >= 11 is 2.28. The van der Waals surface area contributed by atoms with E-state index < -0.39 is 10.1 Å². The topological polar surface area (TPSA) is 63.6 Å². The molecule has 4 nitrogen and oxygen atoms in total. The highest BCUT2D eigenvalue weighted by Gasteiger charge is 2.30. The zero-order valence-electron chi connectivity index (χ0n) is 12.7. The van der Waals surface area contributed by atoms with E-state index in [1.807, 2.05) is 12.1 Å². The lowest BCUT2D eigenvalue weighted by Gasteiger charge is -2.34. The summed E-state index contributed by atoms with van der Waals surface area (Å²) < 4.78 is 37.1. The van der Waals surface area contributed by atoms with Gasteiger partial charge in [0.25, 0.3) is 10.1 Å². The molecule has 0 aliphatic rings. The van der Waals surface area contributed by atoms with E-state index >= 15 is 0 Å². The molecule has 1 unspecified atom stereocenters. The maximum atomic E-state index is 10.7. The van der Waals surface area contributed by atoms with E-state index in [-0.39, 0.29) is 17.3 Å². The molecule has 0 aliphatic heterocycles. The van der Waals surface area contributed by atoms with Crippen molar-refractivity contribution in [3.8, 4) is 0 Å². The van der Waals surface area contributed by atoms with Crippen LogP contribution in [0.5, 0.6) is 0 Å². The first kappa shape index (κ1) is 18.9. The first-order valence-corrected chi connectivity index (χ1v) is 9.58. The van der Waals surface area contributed by atoms with Gasteiger partial charge in [0.05, 0.1) is 11.9 Å². The number of unbranched alkanes of at least 4 members (excludes halogenated alkanes) is 1. The predicted octanol–water partition coefficient (Wildman–Crippen LogP) is 4.06. The van der Waals surface area contributed by atoms with Crippen LogP contribution in [0.3, 0.4) is 0 Å². The highest BCUT2D eigenvalue weighted by atomic mass is 127. The van der Waals surface area contributed by atoms with Crippen LogP contribution in [0.1, 0.15) is 44.8 Å². The molecule has 0 bridgehead atoms. The Kier molecular flexibility index (Phi) is 7.09. The highest BCUT2D eigenvalue weighted by Crippen LogP contribution is 2.40. The van der Waals surface area contributed by atoms with E-state index in [9.17, 15) is 8.42 Å². The Balaban J connectivity index is 2.69. The summed E-state index contributed by atoms with van der Waals surface area (Å²) in [7, 11) is -2.16. The van der Waals surface area contributed by atoms with Crippen molar-refractivity contribution in [1.29, 1.82) is 0 Å². The van der Waals surface area contributed by atoms with Crippen molar-refractivity contribution in [2.24, 2.45) is 5.41 Å². The van der Waals surface area contributed by atoms with Gasteiger partial charge in [-0.2, -0.15) is 8.42 Å². The molecule has 0 radical (unpaired) electrons. The summed E-state index contributed by atoms with van der Waals surface area (Å²) in [5.41, 5.74) is 1.02. The third-order valence-electron chi connectivity index (χ3n) is 3.57. The zero-order chi connectivity index (χ0) is 16.1. The van der Waals surface area contributed by atoms with Gasteiger partial charge in [-0.3, -0.25) is 4.55 Å². The van der Waals surface area contributed by atoms with Crippen LogP contribution in [0.15, 0.2) is 24.3 Å². The summed E-state index contributed by atoms with van der Waals surface area (Å²) in [6, 6.07) is 8.21. The fourth-order valence-electron chi connectivity index (χ4n) is 2.57. The highest BCUT2D eigenvalue weighted by molar-refractivity contribution is 14.1. The summed E-state index contributed by atoms with van der Waals surface area (Å²) in [6.45, 7) is 4.24. The van der Waals surface area contributed by atoms with Gasteiger partial charge in [-0.25, -0.2) is 0 Å². The number of methoxy groups -OCH3 is 1. The molecule has 0 fully saturated rings. The maximum Gasteiger partial charge on any atom is 0.264 e. The lowest BCUT2D eigenvalue weighted by atomic mass is 9.78. The van der Waals surface area contributed by atoms with Crippen LogP contribution in [0.4, 0.5) is 0 Å². The molecule has 120 valence electrons. The molecule has 0 spiro atoms. The standard InChI is InChI=1S/C15H23IO4S/c1-15(2,9-4-5-10-21(17,18)19)14(20-3)12-7-6-8-13(16)11-12/h6-8,11,14H,4-5,9-10H2,1-3H3,(H,17,18,19). The van der Waals surface area contributed by atoms with Crippen LogP contribution in [-0.4, -0.2) is 25.8 Å². The number of hydrogen-bond acceptors (Lipinski definition) is 3. The van der Waals surface area contributed by atoms with Crippen LogP contribution in [0, 0.1) is 8.99 Å². The van der Waals surface area contributed by atoms with Gasteiger partial charge < -0.3 is 4.74 Å². The Hall–Kier alpha value is -0.180. The van der Waals surface area contributed by atoms with Crippen LogP contribution < -0.4 is 0 Å². The Morgan fingerprint density at radius 2 is 2.00 bits per heavy atom. The normalized spacial score (nSPS) is 14.1. The number of ether oxygens (including phenoxy) is 1. The van der Waals surface area contributed by atoms with Crippen LogP contribution in [0.25, 0.3) is 0 Å². The smallest absolute Gasteiger partial charge is 0.264 e. The molecular formula is C15H23IO4S. The molecule has 0 saturated carbocycles. The predicted molar refractivity (Wildman–Crippen MR) is 93.0 cm³/mol. The van der Waals surface area contributed by atoms with Gasteiger partial charge in [0.15, 0.2) is 0 Å². The molecule has 1 aromatic carbocycles. The van der Waals surface area contributed by atoms with Crippen LogP contribution in [-0.2, 0) is 14.9 Å². The van der Waals surface area contributed by atoms with E-state index in [0.29, 0.717) is 6.42 Å². The van der Waals surface area contributed by atoms with E-state index in [2.05, 4.69) is 48.6 Å². The molecule has 0 saturated heterocycles. The van der Waals surface area contributed by atoms with E-state index in [0.717, 1.165) is 22.0 Å². The number of benzene rings is 1. The van der Waals surface area contributed by atoms with Gasteiger partial charge in [-0.1, -0.05) is 32.4 Å². The largest absolute Gasteiger partial charge is 0.376 e. The Morgan fingerprint density at radius 1 is 1.33 bits per heavy atom. The van der Waals surface area contributed by atoms with E-state index in [4.69, 9.17) is 9.29 Å². The van der Waals surface area contributed by atoms with Crippen molar-refractivity contribution in [1.82, 2.24) is 0 Å². The number of halogens is 1. The number of hydrogen-bond donors (Lipinski definition) is 1. The zero-order valence-corrected chi connectivity index (χ0v) is 15.6. The molecule has 1 aromatic rings. The summed E-state index contributed by atoms with van der Waals surface area (Å²) in [5, 5.41) is 0. The minimum Gasteiger partial charge on any atom is -0.376 e. The van der Waals surface area contributed by atoms with Gasteiger partial charge in [0.1, 0.15) is 0 Å². The third kappa shape index (κ3) is 6.63. The van der Waals surface area contributed by atoms with Crippen molar-refractivity contribution < 1.29 is 17.7 Å². The van der Waals surface area contributed by atoms with Gasteiger partial charge in [0.2, 0.25) is 0 Å². The second-order valence-electron chi connectivity index (χ2n) is 5.90. The first-order chi connectivity index (χ1) is 9.65. The average Bonchev–Trinajstić information content (AvgIpc) is 2.34. The molecule has 1 N–H and O–H groups in total. The third-order valence-corrected chi connectivity index (χ3v) is 5.05. The van der Waals surface area contributed by atoms with Crippen LogP contribution in [0.2, 0.25) is 0 Å². The van der Waals surface area contributed by atoms with Gasteiger partial charge >= 0.3 is 0 Å². The van der Waals surface area contributed by atoms with Crippen molar-refractivity contribution in [2.75, 3.05) is 12.9 Å². The van der Waals surface area contributed by atoms with E-state index in [1.165, 1.54) is 0 Å². The Morgan fingerprint density at radius 3 is 2.52 bits per heavy atom. The van der Waals surface area contributed by atoms with Gasteiger partial charge in [-0.05, 0) is 58.5 Å². The quantitative estimate of drug-likeness (QED) is 0.387. The van der Waals surface area contributed by atoms with Crippen LogP contribution >= 0.6 is 22.6 Å². The summed E-state index contributed by atoms with van der Waals surface area (Å²) in [4.78, 5) is 0. The fraction of sp³-hybridized carbons (Fsp3) is 0.600. The summed E-state index contributed by atoms with van der Waals surface area (Å²) in [6.07, 6.45) is 1.98. The van der Waals surface area contributed by atoms with Crippen molar-refractivity contribution in [2.45, 2.75) is 39.2 Å².